The van der Waals surface area contributed by atoms with Crippen LogP contribution in [0.5, 0.6) is 11.5 Å². The van der Waals surface area contributed by atoms with Gasteiger partial charge in [-0.25, -0.2) is 4.68 Å². The van der Waals surface area contributed by atoms with E-state index >= 15 is 0 Å². The van der Waals surface area contributed by atoms with Crippen molar-refractivity contribution < 1.29 is 9.47 Å². The fraction of sp³-hybridized carbons (Fsp3) is 0.167. The summed E-state index contributed by atoms with van der Waals surface area (Å²) < 4.78 is 12.8. The van der Waals surface area contributed by atoms with Gasteiger partial charge in [-0.15, -0.1) is 10.2 Å². The van der Waals surface area contributed by atoms with Crippen molar-refractivity contribution >= 4 is 6.21 Å². The summed E-state index contributed by atoms with van der Waals surface area (Å²) in [5.41, 5.74) is 2.18. The van der Waals surface area contributed by atoms with E-state index in [1.807, 2.05) is 55.5 Å². The Hall–Kier alpha value is -3.15. The third kappa shape index (κ3) is 4.67. The zero-order valence-electron chi connectivity index (χ0n) is 13.4. The average Bonchev–Trinajstić information content (AvgIpc) is 3.13. The third-order valence-corrected chi connectivity index (χ3v) is 3.27. The zero-order valence-corrected chi connectivity index (χ0v) is 13.4. The van der Waals surface area contributed by atoms with Crippen LogP contribution in [-0.4, -0.2) is 34.3 Å². The monoisotopic (exact) mass is 322 g/mol. The topological polar surface area (TPSA) is 61.5 Å². The molecule has 0 N–H and O–H groups in total. The van der Waals surface area contributed by atoms with Gasteiger partial charge in [0, 0.05) is 0 Å². The molecule has 1 aromatic heterocycles. The van der Waals surface area contributed by atoms with E-state index in [0.717, 1.165) is 17.1 Å². The normalized spacial score (nSPS) is 10.9. The second kappa shape index (κ2) is 7.92. The second-order valence-corrected chi connectivity index (χ2v) is 5.17. The molecule has 0 aliphatic rings. The van der Waals surface area contributed by atoms with Crippen LogP contribution in [0.3, 0.4) is 0 Å². The maximum absolute atomic E-state index is 5.66. The summed E-state index contributed by atoms with van der Waals surface area (Å²) in [4.78, 5) is 0. The minimum absolute atomic E-state index is 0.488. The molecule has 0 spiro atoms. The summed E-state index contributed by atoms with van der Waals surface area (Å²) in [6, 6.07) is 15.6. The maximum Gasteiger partial charge on any atom is 0.141 e. The lowest BCUT2D eigenvalue weighted by Gasteiger charge is -2.08. The fourth-order valence-electron chi connectivity index (χ4n) is 1.99. The van der Waals surface area contributed by atoms with Gasteiger partial charge in [-0.2, -0.15) is 5.10 Å². The highest BCUT2D eigenvalue weighted by molar-refractivity contribution is 5.79. The van der Waals surface area contributed by atoms with E-state index in [1.165, 1.54) is 22.9 Å². The zero-order chi connectivity index (χ0) is 16.6. The highest BCUT2D eigenvalue weighted by Crippen LogP contribution is 2.13. The molecule has 122 valence electrons. The first kappa shape index (κ1) is 15.7. The quantitative estimate of drug-likeness (QED) is 0.496. The number of benzene rings is 2. The van der Waals surface area contributed by atoms with Gasteiger partial charge in [-0.05, 0) is 48.9 Å². The molecule has 3 rings (SSSR count). The molecule has 0 radical (unpaired) electrons. The summed E-state index contributed by atoms with van der Waals surface area (Å²) in [6.07, 6.45) is 4.79. The number of nitrogens with zero attached hydrogens (tertiary/aromatic N) is 4. The molecule has 0 saturated carbocycles. The van der Waals surface area contributed by atoms with Crippen molar-refractivity contribution in [2.24, 2.45) is 5.10 Å². The number of rotatable bonds is 7. The first-order valence-corrected chi connectivity index (χ1v) is 7.61. The molecule has 0 amide bonds. The van der Waals surface area contributed by atoms with Gasteiger partial charge in [-0.3, -0.25) is 0 Å². The molecule has 6 nitrogen and oxygen atoms in total. The maximum atomic E-state index is 5.66. The van der Waals surface area contributed by atoms with Crippen molar-refractivity contribution in [1.82, 2.24) is 14.9 Å². The van der Waals surface area contributed by atoms with E-state index in [1.54, 1.807) is 6.21 Å². The molecule has 0 aliphatic carbocycles. The van der Waals surface area contributed by atoms with Gasteiger partial charge < -0.3 is 9.47 Å². The van der Waals surface area contributed by atoms with Gasteiger partial charge in [0.25, 0.3) is 0 Å². The summed E-state index contributed by atoms with van der Waals surface area (Å²) >= 11 is 0. The van der Waals surface area contributed by atoms with Crippen LogP contribution in [0.4, 0.5) is 0 Å². The van der Waals surface area contributed by atoms with Gasteiger partial charge in [0.2, 0.25) is 0 Å². The fourth-order valence-corrected chi connectivity index (χ4v) is 1.99. The van der Waals surface area contributed by atoms with Gasteiger partial charge in [0.1, 0.15) is 37.4 Å². The number of aryl methyl sites for hydroxylation is 1. The molecule has 0 aliphatic heterocycles. The SMILES string of the molecule is Cc1ccc(OCCOc2ccc(/C=N\n3cnnc3)cc2)cc1. The Morgan fingerprint density at radius 2 is 1.42 bits per heavy atom. The van der Waals surface area contributed by atoms with Crippen LogP contribution >= 0.6 is 0 Å². The number of hydrogen-bond acceptors (Lipinski definition) is 5. The van der Waals surface area contributed by atoms with Crippen LogP contribution in [0.1, 0.15) is 11.1 Å². The third-order valence-electron chi connectivity index (χ3n) is 3.27. The van der Waals surface area contributed by atoms with Crippen molar-refractivity contribution in [3.8, 4) is 11.5 Å². The minimum atomic E-state index is 0.488. The molecule has 1 heterocycles. The first-order chi connectivity index (χ1) is 11.8. The van der Waals surface area contributed by atoms with E-state index in [-0.39, 0.29) is 0 Å². The Kier molecular flexibility index (Phi) is 5.19. The molecule has 3 aromatic rings. The lowest BCUT2D eigenvalue weighted by molar-refractivity contribution is 0.217. The predicted molar refractivity (Wildman–Crippen MR) is 91.6 cm³/mol. The number of aromatic nitrogens is 3. The van der Waals surface area contributed by atoms with Gasteiger partial charge >= 0.3 is 0 Å². The minimum Gasteiger partial charge on any atom is -0.490 e. The van der Waals surface area contributed by atoms with Crippen LogP contribution in [0, 0.1) is 6.92 Å². The smallest absolute Gasteiger partial charge is 0.141 e. The molecular formula is C18H18N4O2. The van der Waals surface area contributed by atoms with Crippen molar-refractivity contribution in [3.63, 3.8) is 0 Å². The van der Waals surface area contributed by atoms with E-state index in [2.05, 4.69) is 15.3 Å². The molecule has 0 unspecified atom stereocenters. The molecule has 6 heteroatoms. The number of ether oxygens (including phenoxy) is 2. The van der Waals surface area contributed by atoms with E-state index in [0.29, 0.717) is 13.2 Å². The average molecular weight is 322 g/mol. The highest BCUT2D eigenvalue weighted by Gasteiger charge is 1.96. The Bertz CT molecular complexity index is 766. The molecular weight excluding hydrogens is 304 g/mol. The van der Waals surface area contributed by atoms with Crippen LogP contribution in [0.25, 0.3) is 0 Å². The predicted octanol–water partition coefficient (Wildman–Crippen LogP) is 2.93. The van der Waals surface area contributed by atoms with Gasteiger partial charge in [0.15, 0.2) is 0 Å². The largest absolute Gasteiger partial charge is 0.490 e. The summed E-state index contributed by atoms with van der Waals surface area (Å²) in [5.74, 6) is 1.65. The summed E-state index contributed by atoms with van der Waals surface area (Å²) in [5, 5.41) is 11.6. The van der Waals surface area contributed by atoms with Crippen LogP contribution in [0.2, 0.25) is 0 Å². The molecule has 0 fully saturated rings. The van der Waals surface area contributed by atoms with Crippen molar-refractivity contribution in [3.05, 3.63) is 72.3 Å². The summed E-state index contributed by atoms with van der Waals surface area (Å²) in [7, 11) is 0. The molecule has 0 saturated heterocycles. The lowest BCUT2D eigenvalue weighted by Crippen LogP contribution is -2.08. The first-order valence-electron chi connectivity index (χ1n) is 7.61. The Morgan fingerprint density at radius 3 is 2.00 bits per heavy atom. The van der Waals surface area contributed by atoms with Crippen molar-refractivity contribution in [1.29, 1.82) is 0 Å². The van der Waals surface area contributed by atoms with Gasteiger partial charge in [-0.1, -0.05) is 17.7 Å². The lowest BCUT2D eigenvalue weighted by atomic mass is 10.2. The van der Waals surface area contributed by atoms with E-state index in [4.69, 9.17) is 9.47 Å². The molecule has 0 atom stereocenters. The van der Waals surface area contributed by atoms with E-state index in [9.17, 15) is 0 Å². The van der Waals surface area contributed by atoms with E-state index < -0.39 is 0 Å². The Labute approximate surface area is 140 Å². The Balaban J connectivity index is 1.43. The molecule has 0 bridgehead atoms. The van der Waals surface area contributed by atoms with Gasteiger partial charge in [0.05, 0.1) is 6.21 Å². The van der Waals surface area contributed by atoms with Crippen LogP contribution in [-0.2, 0) is 0 Å². The van der Waals surface area contributed by atoms with Crippen molar-refractivity contribution in [2.75, 3.05) is 13.2 Å². The standard InChI is InChI=1S/C18H18N4O2/c1-15-2-6-17(7-3-15)23-10-11-24-18-8-4-16(5-9-18)12-21-22-13-19-20-14-22/h2-9,12-14H,10-11H2,1H3/b21-12-. The second-order valence-electron chi connectivity index (χ2n) is 5.17. The summed E-state index contributed by atoms with van der Waals surface area (Å²) in [6.45, 7) is 3.04. The van der Waals surface area contributed by atoms with Crippen LogP contribution < -0.4 is 9.47 Å². The highest BCUT2D eigenvalue weighted by atomic mass is 16.5. The number of hydrogen-bond donors (Lipinski definition) is 0. The van der Waals surface area contributed by atoms with Crippen LogP contribution in [0.15, 0.2) is 66.3 Å². The molecule has 2 aromatic carbocycles. The molecule has 24 heavy (non-hydrogen) atoms. The Morgan fingerprint density at radius 1 is 0.875 bits per heavy atom. The van der Waals surface area contributed by atoms with Crippen molar-refractivity contribution in [2.45, 2.75) is 6.92 Å².